The fourth-order valence-corrected chi connectivity index (χ4v) is 8.36. The lowest BCUT2D eigenvalue weighted by Gasteiger charge is -2.47. The fraction of sp³-hybridized carbons (Fsp3) is 0.455. The minimum atomic E-state index is -4.01. The third kappa shape index (κ3) is 3.78. The zero-order valence-corrected chi connectivity index (χ0v) is 19.0. The summed E-state index contributed by atoms with van der Waals surface area (Å²) in [5, 5.41) is 0.792. The van der Waals surface area contributed by atoms with Gasteiger partial charge in [-0.2, -0.15) is 0 Å². The first-order valence-corrected chi connectivity index (χ1v) is 12.9. The van der Waals surface area contributed by atoms with Crippen LogP contribution in [0.4, 0.5) is 8.78 Å². The molecule has 0 spiro atoms. The highest BCUT2D eigenvalue weighted by molar-refractivity contribution is 7.98. The standard InChI is InChI=1S/C22H24ClF2NO2S2/c1-2-17-11-14-13-22(10-9-21(14)26-29-17,19-12-16(24)5-8-20(19)25)30(27,28)18-6-3-15(23)4-7-18/h3-8,12,14,17,21,26H,2,9-11,13H2,1H3/t14-,17+,21+,22-/m1/s1. The van der Waals surface area contributed by atoms with Crippen LogP contribution in [0.25, 0.3) is 0 Å². The first-order chi connectivity index (χ1) is 14.3. The van der Waals surface area contributed by atoms with E-state index in [1.807, 2.05) is 0 Å². The monoisotopic (exact) mass is 471 g/mol. The molecule has 162 valence electrons. The van der Waals surface area contributed by atoms with Gasteiger partial charge in [0.2, 0.25) is 0 Å². The van der Waals surface area contributed by atoms with E-state index in [0.717, 1.165) is 31.0 Å². The number of benzene rings is 2. The second-order valence-electron chi connectivity index (χ2n) is 8.19. The van der Waals surface area contributed by atoms with Crippen molar-refractivity contribution in [1.82, 2.24) is 4.72 Å². The van der Waals surface area contributed by atoms with Gasteiger partial charge in [0.05, 0.1) is 4.90 Å². The van der Waals surface area contributed by atoms with E-state index in [1.165, 1.54) is 24.3 Å². The highest BCUT2D eigenvalue weighted by Crippen LogP contribution is 2.52. The van der Waals surface area contributed by atoms with Crippen molar-refractivity contribution in [3.8, 4) is 0 Å². The predicted octanol–water partition coefficient (Wildman–Crippen LogP) is 5.88. The van der Waals surface area contributed by atoms with E-state index >= 15 is 4.39 Å². The van der Waals surface area contributed by atoms with Gasteiger partial charge in [-0.15, -0.1) is 0 Å². The Morgan fingerprint density at radius 1 is 1.20 bits per heavy atom. The molecule has 1 saturated heterocycles. The Morgan fingerprint density at radius 3 is 2.63 bits per heavy atom. The summed E-state index contributed by atoms with van der Waals surface area (Å²) >= 11 is 7.66. The van der Waals surface area contributed by atoms with Crippen LogP contribution < -0.4 is 4.72 Å². The van der Waals surface area contributed by atoms with Crippen LogP contribution in [0.2, 0.25) is 5.02 Å². The SMILES string of the molecule is CC[C@H]1C[C@@H]2C[C@](c3cc(F)ccc3F)(S(=O)(=O)c3ccc(Cl)cc3)CC[C@@H]2NS1. The van der Waals surface area contributed by atoms with Crippen molar-refractivity contribution in [1.29, 1.82) is 0 Å². The number of halogens is 3. The van der Waals surface area contributed by atoms with Gasteiger partial charge in [-0.25, -0.2) is 17.2 Å². The maximum Gasteiger partial charge on any atom is 0.188 e. The number of fused-ring (bicyclic) bond motifs is 1. The molecule has 0 aromatic heterocycles. The topological polar surface area (TPSA) is 46.2 Å². The fourth-order valence-electron chi connectivity index (χ4n) is 4.83. The summed E-state index contributed by atoms with van der Waals surface area (Å²) in [5.41, 5.74) is -0.0674. The molecule has 1 heterocycles. The zero-order chi connectivity index (χ0) is 21.5. The van der Waals surface area contributed by atoms with Crippen LogP contribution in [0.3, 0.4) is 0 Å². The quantitative estimate of drug-likeness (QED) is 0.566. The summed E-state index contributed by atoms with van der Waals surface area (Å²) in [5.74, 6) is -1.25. The number of sulfone groups is 1. The van der Waals surface area contributed by atoms with Crippen LogP contribution in [0.5, 0.6) is 0 Å². The van der Waals surface area contributed by atoms with Crippen molar-refractivity contribution in [2.75, 3.05) is 0 Å². The Hall–Kier alpha value is -1.15. The predicted molar refractivity (Wildman–Crippen MR) is 117 cm³/mol. The van der Waals surface area contributed by atoms with Crippen LogP contribution in [-0.4, -0.2) is 19.7 Å². The molecule has 8 heteroatoms. The van der Waals surface area contributed by atoms with Gasteiger partial charge in [0.1, 0.15) is 16.4 Å². The molecule has 1 aliphatic heterocycles. The first kappa shape index (κ1) is 22.1. The number of hydrogen-bond donors (Lipinski definition) is 1. The van der Waals surface area contributed by atoms with E-state index < -0.39 is 26.2 Å². The Labute approximate surface area is 185 Å². The van der Waals surface area contributed by atoms with E-state index in [1.54, 1.807) is 11.9 Å². The normalized spacial score (nSPS) is 29.4. The van der Waals surface area contributed by atoms with Gasteiger partial charge >= 0.3 is 0 Å². The van der Waals surface area contributed by atoms with Crippen LogP contribution >= 0.6 is 23.5 Å². The third-order valence-electron chi connectivity index (χ3n) is 6.48. The molecule has 2 aromatic carbocycles. The molecule has 3 nitrogen and oxygen atoms in total. The van der Waals surface area contributed by atoms with E-state index in [2.05, 4.69) is 11.6 Å². The van der Waals surface area contributed by atoms with Gasteiger partial charge in [-0.3, -0.25) is 4.72 Å². The molecule has 1 saturated carbocycles. The smallest absolute Gasteiger partial charge is 0.188 e. The lowest BCUT2D eigenvalue weighted by Crippen LogP contribution is -2.51. The molecular formula is C22H24ClF2NO2S2. The molecule has 4 atom stereocenters. The molecule has 30 heavy (non-hydrogen) atoms. The van der Waals surface area contributed by atoms with Gasteiger partial charge in [0.15, 0.2) is 9.84 Å². The molecule has 0 bridgehead atoms. The van der Waals surface area contributed by atoms with Crippen LogP contribution in [0.1, 0.15) is 44.6 Å². The van der Waals surface area contributed by atoms with Crippen LogP contribution in [0, 0.1) is 17.6 Å². The van der Waals surface area contributed by atoms with Crippen molar-refractivity contribution in [2.24, 2.45) is 5.92 Å². The second kappa shape index (κ2) is 8.41. The first-order valence-electron chi connectivity index (χ1n) is 10.1. The number of hydrogen-bond acceptors (Lipinski definition) is 4. The van der Waals surface area contributed by atoms with Crippen molar-refractivity contribution >= 4 is 33.4 Å². The van der Waals surface area contributed by atoms with Crippen LogP contribution in [0.15, 0.2) is 47.4 Å². The summed E-state index contributed by atoms with van der Waals surface area (Å²) in [6, 6.07) is 9.22. The highest BCUT2D eigenvalue weighted by Gasteiger charge is 2.53. The summed E-state index contributed by atoms with van der Waals surface area (Å²) in [7, 11) is -4.01. The Balaban J connectivity index is 1.86. The summed E-state index contributed by atoms with van der Waals surface area (Å²) in [6.07, 6.45) is 2.88. The molecular weight excluding hydrogens is 448 g/mol. The number of nitrogens with one attached hydrogen (secondary N) is 1. The average Bonchev–Trinajstić information content (AvgIpc) is 2.74. The van der Waals surface area contributed by atoms with Crippen molar-refractivity contribution in [3.05, 3.63) is 64.7 Å². The van der Waals surface area contributed by atoms with Gasteiger partial charge in [-0.05, 0) is 80.5 Å². The molecule has 0 unspecified atom stereocenters. The molecule has 2 fully saturated rings. The molecule has 2 aliphatic rings. The molecule has 0 amide bonds. The summed E-state index contributed by atoms with van der Waals surface area (Å²) < 4.78 is 59.0. The molecule has 1 aliphatic carbocycles. The van der Waals surface area contributed by atoms with Gasteiger partial charge in [0.25, 0.3) is 0 Å². The third-order valence-corrected chi connectivity index (χ3v) is 10.5. The van der Waals surface area contributed by atoms with Crippen LogP contribution in [-0.2, 0) is 14.6 Å². The minimum Gasteiger partial charge on any atom is -0.261 e. The minimum absolute atomic E-state index is 0.0645. The number of rotatable bonds is 4. The van der Waals surface area contributed by atoms with E-state index in [0.29, 0.717) is 16.7 Å². The molecule has 2 aromatic rings. The lowest BCUT2D eigenvalue weighted by molar-refractivity contribution is 0.214. The maximum absolute atomic E-state index is 15.0. The van der Waals surface area contributed by atoms with Crippen molar-refractivity contribution in [3.63, 3.8) is 0 Å². The Morgan fingerprint density at radius 2 is 1.93 bits per heavy atom. The summed E-state index contributed by atoms with van der Waals surface area (Å²) in [6.45, 7) is 2.10. The van der Waals surface area contributed by atoms with Crippen molar-refractivity contribution in [2.45, 2.75) is 60.0 Å². The average molecular weight is 472 g/mol. The molecule has 0 radical (unpaired) electrons. The maximum atomic E-state index is 15.0. The van der Waals surface area contributed by atoms with Gasteiger partial charge < -0.3 is 0 Å². The zero-order valence-electron chi connectivity index (χ0n) is 16.6. The van der Waals surface area contributed by atoms with Gasteiger partial charge in [0, 0.05) is 21.9 Å². The Kier molecular flexibility index (Phi) is 6.19. The van der Waals surface area contributed by atoms with Crippen molar-refractivity contribution < 1.29 is 17.2 Å². The van der Waals surface area contributed by atoms with E-state index in [4.69, 9.17) is 11.6 Å². The highest BCUT2D eigenvalue weighted by atomic mass is 35.5. The van der Waals surface area contributed by atoms with E-state index in [9.17, 15) is 12.8 Å². The Bertz CT molecular complexity index is 1030. The largest absolute Gasteiger partial charge is 0.261 e. The molecule has 4 rings (SSSR count). The summed E-state index contributed by atoms with van der Waals surface area (Å²) in [4.78, 5) is 0.0826. The lowest BCUT2D eigenvalue weighted by atomic mass is 9.72. The second-order valence-corrected chi connectivity index (χ2v) is 12.0. The van der Waals surface area contributed by atoms with E-state index in [-0.39, 0.29) is 35.3 Å². The molecule has 1 N–H and O–H groups in total. The van der Waals surface area contributed by atoms with Gasteiger partial charge in [-0.1, -0.05) is 30.5 Å².